The van der Waals surface area contributed by atoms with Crippen molar-refractivity contribution >= 4 is 34.4 Å². The Morgan fingerprint density at radius 1 is 1.31 bits per heavy atom. The second-order valence-electron chi connectivity index (χ2n) is 6.44. The van der Waals surface area contributed by atoms with Crippen LogP contribution in [0.5, 0.6) is 0 Å². The van der Waals surface area contributed by atoms with Crippen LogP contribution in [0.4, 0.5) is 0 Å². The topological polar surface area (TPSA) is 88.7 Å². The van der Waals surface area contributed by atoms with Crippen molar-refractivity contribution in [3.63, 3.8) is 0 Å². The average molecular weight is 379 g/mol. The van der Waals surface area contributed by atoms with Gasteiger partial charge in [-0.1, -0.05) is 11.6 Å². The molecule has 0 bridgehead atoms. The van der Waals surface area contributed by atoms with Gasteiger partial charge in [0.2, 0.25) is 5.91 Å². The number of aromatic amines is 1. The minimum absolute atomic E-state index is 0.00186. The summed E-state index contributed by atoms with van der Waals surface area (Å²) in [5.74, 6) is -0.884. The van der Waals surface area contributed by atoms with E-state index in [4.69, 9.17) is 11.6 Å². The fraction of sp³-hybridized carbons (Fsp3) is 0.444. The summed E-state index contributed by atoms with van der Waals surface area (Å²) in [6.07, 6.45) is 1.75. The second-order valence-corrected chi connectivity index (χ2v) is 6.88. The molecular formula is C18H23ClN4O3. The summed E-state index contributed by atoms with van der Waals surface area (Å²) in [6, 6.07) is 4.68. The Labute approximate surface area is 156 Å². The van der Waals surface area contributed by atoms with Crippen LogP contribution >= 0.6 is 11.6 Å². The highest BCUT2D eigenvalue weighted by molar-refractivity contribution is 6.31. The van der Waals surface area contributed by atoms with Gasteiger partial charge >= 0.3 is 5.97 Å². The van der Waals surface area contributed by atoms with Gasteiger partial charge in [0, 0.05) is 60.4 Å². The first kappa shape index (κ1) is 18.7. The van der Waals surface area contributed by atoms with Crippen LogP contribution < -0.4 is 5.32 Å². The molecule has 1 saturated heterocycles. The summed E-state index contributed by atoms with van der Waals surface area (Å²) in [6.45, 7) is 5.34. The molecule has 1 fully saturated rings. The van der Waals surface area contributed by atoms with E-state index in [2.05, 4.69) is 10.3 Å². The number of hydrogen-bond acceptors (Lipinski definition) is 4. The van der Waals surface area contributed by atoms with Gasteiger partial charge in [0.05, 0.1) is 6.54 Å². The van der Waals surface area contributed by atoms with Gasteiger partial charge < -0.3 is 15.4 Å². The molecule has 1 aliphatic rings. The largest absolute Gasteiger partial charge is 0.480 e. The molecule has 3 rings (SSSR count). The van der Waals surface area contributed by atoms with Crippen molar-refractivity contribution in [2.75, 3.05) is 39.3 Å². The van der Waals surface area contributed by atoms with Crippen molar-refractivity contribution < 1.29 is 14.7 Å². The second kappa shape index (κ2) is 8.07. The van der Waals surface area contributed by atoms with Crippen LogP contribution in [0, 0.1) is 0 Å². The maximum Gasteiger partial charge on any atom is 0.325 e. The Hall–Kier alpha value is -2.09. The lowest BCUT2D eigenvalue weighted by Gasteiger charge is -2.37. The molecule has 2 aromatic rings. The molecule has 0 radical (unpaired) electrons. The standard InChI is InChI=1S/C18H23ClN4O3/c1-2-20-16(24)11-22-5-7-23(8-6-22)17(18(25)26)14-10-21-15-4-3-12(19)9-13(14)15/h3-4,9-10,17,21H,2,5-8,11H2,1H3,(H,20,24)(H,25,26)/t17-/m0/s1. The SMILES string of the molecule is CCNC(=O)CN1CCN([C@H](C(=O)O)c2c[nH]c3ccc(Cl)cc23)CC1. The van der Waals surface area contributed by atoms with Crippen molar-refractivity contribution in [1.82, 2.24) is 20.1 Å². The third-order valence-electron chi connectivity index (χ3n) is 4.72. The molecule has 0 spiro atoms. The van der Waals surface area contributed by atoms with Crippen LogP contribution in [-0.2, 0) is 9.59 Å². The van der Waals surface area contributed by atoms with Crippen molar-refractivity contribution in [3.05, 3.63) is 35.0 Å². The number of likely N-dealkylation sites (N-methyl/N-ethyl adjacent to an activating group) is 1. The Morgan fingerprint density at radius 3 is 2.69 bits per heavy atom. The highest BCUT2D eigenvalue weighted by atomic mass is 35.5. The molecule has 1 aromatic carbocycles. The number of piperazine rings is 1. The van der Waals surface area contributed by atoms with Gasteiger partial charge in [-0.25, -0.2) is 0 Å². The zero-order valence-corrected chi connectivity index (χ0v) is 15.4. The van der Waals surface area contributed by atoms with Gasteiger partial charge in [-0.2, -0.15) is 0 Å². The molecule has 0 saturated carbocycles. The Morgan fingerprint density at radius 2 is 2.04 bits per heavy atom. The van der Waals surface area contributed by atoms with Gasteiger partial charge in [-0.3, -0.25) is 19.4 Å². The molecule has 1 aliphatic heterocycles. The van der Waals surface area contributed by atoms with E-state index in [1.807, 2.05) is 22.8 Å². The number of carbonyl (C=O) groups excluding carboxylic acids is 1. The van der Waals surface area contributed by atoms with E-state index in [-0.39, 0.29) is 5.91 Å². The van der Waals surface area contributed by atoms with Crippen molar-refractivity contribution in [2.45, 2.75) is 13.0 Å². The minimum Gasteiger partial charge on any atom is -0.480 e. The Kier molecular flexibility index (Phi) is 5.80. The molecule has 7 nitrogen and oxygen atoms in total. The average Bonchev–Trinajstić information content (AvgIpc) is 2.99. The summed E-state index contributed by atoms with van der Waals surface area (Å²) in [7, 11) is 0. The molecular weight excluding hydrogens is 356 g/mol. The molecule has 1 amide bonds. The van der Waals surface area contributed by atoms with E-state index in [0.29, 0.717) is 49.9 Å². The lowest BCUT2D eigenvalue weighted by molar-refractivity contribution is -0.144. The van der Waals surface area contributed by atoms with Crippen LogP contribution in [0.2, 0.25) is 5.02 Å². The molecule has 2 heterocycles. The molecule has 8 heteroatoms. The number of halogens is 1. The first-order chi connectivity index (χ1) is 12.5. The molecule has 140 valence electrons. The van der Waals surface area contributed by atoms with Crippen LogP contribution in [0.25, 0.3) is 10.9 Å². The van der Waals surface area contributed by atoms with Gasteiger partial charge in [-0.15, -0.1) is 0 Å². The zero-order valence-electron chi connectivity index (χ0n) is 14.7. The maximum atomic E-state index is 12.0. The number of nitrogens with zero attached hydrogens (tertiary/aromatic N) is 2. The number of rotatable bonds is 6. The number of fused-ring (bicyclic) bond motifs is 1. The number of hydrogen-bond donors (Lipinski definition) is 3. The van der Waals surface area contributed by atoms with Gasteiger partial charge in [0.1, 0.15) is 6.04 Å². The lowest BCUT2D eigenvalue weighted by atomic mass is 10.0. The fourth-order valence-corrected chi connectivity index (χ4v) is 3.63. The number of nitrogens with one attached hydrogen (secondary N) is 2. The van der Waals surface area contributed by atoms with Gasteiger partial charge in [0.25, 0.3) is 0 Å². The highest BCUT2D eigenvalue weighted by Crippen LogP contribution is 2.31. The van der Waals surface area contributed by atoms with E-state index >= 15 is 0 Å². The monoisotopic (exact) mass is 378 g/mol. The Bertz CT molecular complexity index is 799. The van der Waals surface area contributed by atoms with Crippen LogP contribution in [-0.4, -0.2) is 71.0 Å². The van der Waals surface area contributed by atoms with E-state index in [0.717, 1.165) is 10.9 Å². The van der Waals surface area contributed by atoms with E-state index in [1.54, 1.807) is 18.3 Å². The molecule has 26 heavy (non-hydrogen) atoms. The Balaban J connectivity index is 1.74. The molecule has 1 atom stereocenters. The summed E-state index contributed by atoms with van der Waals surface area (Å²) in [4.78, 5) is 30.8. The summed E-state index contributed by atoms with van der Waals surface area (Å²) < 4.78 is 0. The van der Waals surface area contributed by atoms with Crippen LogP contribution in [0.1, 0.15) is 18.5 Å². The summed E-state index contributed by atoms with van der Waals surface area (Å²) in [5, 5.41) is 14.0. The number of carbonyl (C=O) groups is 2. The summed E-state index contributed by atoms with van der Waals surface area (Å²) >= 11 is 6.09. The van der Waals surface area contributed by atoms with Crippen LogP contribution in [0.15, 0.2) is 24.4 Å². The third-order valence-corrected chi connectivity index (χ3v) is 4.95. The highest BCUT2D eigenvalue weighted by Gasteiger charge is 2.32. The summed E-state index contributed by atoms with van der Waals surface area (Å²) in [5.41, 5.74) is 1.58. The number of amides is 1. The normalized spacial score (nSPS) is 17.3. The van der Waals surface area contributed by atoms with Crippen molar-refractivity contribution in [3.8, 4) is 0 Å². The van der Waals surface area contributed by atoms with E-state index in [9.17, 15) is 14.7 Å². The van der Waals surface area contributed by atoms with Gasteiger partial charge in [0.15, 0.2) is 0 Å². The lowest BCUT2D eigenvalue weighted by Crippen LogP contribution is -2.51. The number of carboxylic acids is 1. The quantitative estimate of drug-likeness (QED) is 0.712. The van der Waals surface area contributed by atoms with Crippen molar-refractivity contribution in [2.24, 2.45) is 0 Å². The number of aromatic nitrogens is 1. The number of aliphatic carboxylic acids is 1. The first-order valence-corrected chi connectivity index (χ1v) is 9.10. The van der Waals surface area contributed by atoms with E-state index in [1.165, 1.54) is 0 Å². The smallest absolute Gasteiger partial charge is 0.325 e. The van der Waals surface area contributed by atoms with Gasteiger partial charge in [-0.05, 0) is 25.1 Å². The molecule has 3 N–H and O–H groups in total. The first-order valence-electron chi connectivity index (χ1n) is 8.72. The number of carboxylic acid groups (broad SMARTS) is 1. The van der Waals surface area contributed by atoms with Crippen LogP contribution in [0.3, 0.4) is 0 Å². The molecule has 0 unspecified atom stereocenters. The minimum atomic E-state index is -0.886. The predicted molar refractivity (Wildman–Crippen MR) is 100 cm³/mol. The molecule has 1 aromatic heterocycles. The maximum absolute atomic E-state index is 12.0. The number of H-pyrrole nitrogens is 1. The van der Waals surface area contributed by atoms with E-state index < -0.39 is 12.0 Å². The fourth-order valence-electron chi connectivity index (χ4n) is 3.46. The van der Waals surface area contributed by atoms with Crippen molar-refractivity contribution in [1.29, 1.82) is 0 Å². The number of benzene rings is 1. The predicted octanol–water partition coefficient (Wildman–Crippen LogP) is 1.70. The third kappa shape index (κ3) is 4.00. The zero-order chi connectivity index (χ0) is 18.7. The molecule has 0 aliphatic carbocycles.